The number of rotatable bonds is 5. The number of imidazole rings is 1. The highest BCUT2D eigenvalue weighted by Gasteiger charge is 2.27. The minimum Gasteiger partial charge on any atom is -0.456 e. The molecule has 0 saturated carbocycles. The Labute approximate surface area is 204 Å². The van der Waals surface area contributed by atoms with Gasteiger partial charge in [0, 0.05) is 10.9 Å². The third-order valence-electron chi connectivity index (χ3n) is 7.57. The van der Waals surface area contributed by atoms with Crippen LogP contribution in [0.15, 0.2) is 64.1 Å². The number of H-pyrrole nitrogens is 1. The summed E-state index contributed by atoms with van der Waals surface area (Å²) in [6, 6.07) is 18.1. The van der Waals surface area contributed by atoms with Gasteiger partial charge < -0.3 is 25.4 Å². The van der Waals surface area contributed by atoms with Crippen molar-refractivity contribution in [2.45, 2.75) is 43.8 Å². The Hall–Kier alpha value is -3.42. The second kappa shape index (κ2) is 8.66. The van der Waals surface area contributed by atoms with Crippen LogP contribution in [-0.4, -0.2) is 41.5 Å². The lowest BCUT2D eigenvalue weighted by Crippen LogP contribution is -2.38. The second-order valence-electron chi connectivity index (χ2n) is 9.89. The molecule has 5 heterocycles. The fourth-order valence-electron chi connectivity index (χ4n) is 5.59. The first-order chi connectivity index (χ1) is 17.3. The maximum atomic E-state index is 6.20. The zero-order valence-corrected chi connectivity index (χ0v) is 19.7. The summed E-state index contributed by atoms with van der Waals surface area (Å²) in [7, 11) is 0. The number of aliphatic imine (C=N–C) groups is 1. The number of amidine groups is 1. The zero-order valence-electron chi connectivity index (χ0n) is 19.7. The van der Waals surface area contributed by atoms with Gasteiger partial charge >= 0.3 is 0 Å². The molecular formula is C28H30N6O. The molecule has 2 aromatic heterocycles. The molecule has 3 atom stereocenters. The Morgan fingerprint density at radius 1 is 0.829 bits per heavy atom. The predicted octanol–water partition coefficient (Wildman–Crippen LogP) is 4.71. The summed E-state index contributed by atoms with van der Waals surface area (Å²) in [4.78, 5) is 12.9. The van der Waals surface area contributed by atoms with E-state index >= 15 is 0 Å². The van der Waals surface area contributed by atoms with Crippen LogP contribution in [0.3, 0.4) is 0 Å². The molecule has 2 fully saturated rings. The highest BCUT2D eigenvalue weighted by Crippen LogP contribution is 2.32. The van der Waals surface area contributed by atoms with Gasteiger partial charge in [0.2, 0.25) is 0 Å². The highest BCUT2D eigenvalue weighted by molar-refractivity contribution is 5.90. The van der Waals surface area contributed by atoms with E-state index in [4.69, 9.17) is 9.41 Å². The van der Waals surface area contributed by atoms with Gasteiger partial charge in [-0.2, -0.15) is 0 Å². The van der Waals surface area contributed by atoms with Crippen molar-refractivity contribution in [1.29, 1.82) is 0 Å². The van der Waals surface area contributed by atoms with Crippen molar-refractivity contribution in [3.63, 3.8) is 0 Å². The number of hydrogen-bond acceptors (Lipinski definition) is 6. The number of hydrogen-bond donors (Lipinski definition) is 4. The first kappa shape index (κ1) is 20.9. The van der Waals surface area contributed by atoms with Gasteiger partial charge in [0.05, 0.1) is 36.6 Å². The normalized spacial score (nSPS) is 24.2. The molecular weight excluding hydrogens is 436 g/mol. The van der Waals surface area contributed by atoms with E-state index in [9.17, 15) is 0 Å². The van der Waals surface area contributed by atoms with Crippen molar-refractivity contribution in [3.05, 3.63) is 66.1 Å². The summed E-state index contributed by atoms with van der Waals surface area (Å²) in [5, 5.41) is 11.8. The van der Waals surface area contributed by atoms with Gasteiger partial charge in [0.25, 0.3) is 0 Å². The van der Waals surface area contributed by atoms with Crippen molar-refractivity contribution in [2.75, 3.05) is 19.6 Å². The maximum absolute atomic E-state index is 6.20. The minimum absolute atomic E-state index is 0.230. The molecule has 7 nitrogen and oxygen atoms in total. The van der Waals surface area contributed by atoms with Crippen LogP contribution in [-0.2, 0) is 0 Å². The summed E-state index contributed by atoms with van der Waals surface area (Å²) in [5.41, 5.74) is 5.41. The van der Waals surface area contributed by atoms with Crippen LogP contribution in [0.25, 0.3) is 33.6 Å². The van der Waals surface area contributed by atoms with Gasteiger partial charge in [-0.05, 0) is 68.1 Å². The van der Waals surface area contributed by atoms with Crippen LogP contribution in [0.5, 0.6) is 0 Å². The molecule has 35 heavy (non-hydrogen) atoms. The Kier molecular flexibility index (Phi) is 5.17. The van der Waals surface area contributed by atoms with Gasteiger partial charge in [-0.3, -0.25) is 4.99 Å². The van der Waals surface area contributed by atoms with Crippen molar-refractivity contribution in [1.82, 2.24) is 25.9 Å². The fraction of sp³-hybridized carbons (Fsp3) is 0.357. The molecule has 1 unspecified atom stereocenters. The monoisotopic (exact) mass is 466 g/mol. The van der Waals surface area contributed by atoms with E-state index in [2.05, 4.69) is 74.4 Å². The van der Waals surface area contributed by atoms with Gasteiger partial charge in [-0.1, -0.05) is 30.3 Å². The molecule has 7 rings (SSSR count). The van der Waals surface area contributed by atoms with Crippen LogP contribution in [0, 0.1) is 0 Å². The number of aromatic nitrogens is 2. The van der Waals surface area contributed by atoms with E-state index in [1.807, 2.05) is 6.20 Å². The lowest BCUT2D eigenvalue weighted by Gasteiger charge is -2.15. The van der Waals surface area contributed by atoms with Gasteiger partial charge in [0.15, 0.2) is 0 Å². The van der Waals surface area contributed by atoms with Gasteiger partial charge in [0.1, 0.15) is 23.0 Å². The van der Waals surface area contributed by atoms with Gasteiger partial charge in [-0.25, -0.2) is 4.98 Å². The van der Waals surface area contributed by atoms with Crippen LogP contribution in [0.4, 0.5) is 0 Å². The largest absolute Gasteiger partial charge is 0.456 e. The molecule has 2 aromatic carbocycles. The van der Waals surface area contributed by atoms with Crippen LogP contribution in [0.1, 0.15) is 49.2 Å². The number of fused-ring (bicyclic) bond motifs is 1. The van der Waals surface area contributed by atoms with Crippen LogP contribution < -0.4 is 16.0 Å². The average molecular weight is 467 g/mol. The average Bonchev–Trinajstić information content (AvgIpc) is 3.73. The Morgan fingerprint density at radius 2 is 1.63 bits per heavy atom. The predicted molar refractivity (Wildman–Crippen MR) is 138 cm³/mol. The second-order valence-corrected chi connectivity index (χ2v) is 9.89. The summed E-state index contributed by atoms with van der Waals surface area (Å²) in [6.45, 7) is 2.94. The third-order valence-corrected chi connectivity index (χ3v) is 7.57. The molecule has 0 aliphatic carbocycles. The lowest BCUT2D eigenvalue weighted by molar-refractivity contribution is 0.613. The van der Waals surface area contributed by atoms with Crippen molar-refractivity contribution in [3.8, 4) is 22.6 Å². The summed E-state index contributed by atoms with van der Waals surface area (Å²) >= 11 is 0. The van der Waals surface area contributed by atoms with Crippen molar-refractivity contribution >= 4 is 16.8 Å². The van der Waals surface area contributed by atoms with Crippen molar-refractivity contribution in [2.24, 2.45) is 4.99 Å². The number of benzene rings is 2. The lowest BCUT2D eigenvalue weighted by atomic mass is 10.0. The quantitative estimate of drug-likeness (QED) is 0.342. The smallest absolute Gasteiger partial charge is 0.135 e. The Morgan fingerprint density at radius 3 is 2.43 bits per heavy atom. The molecule has 0 amide bonds. The van der Waals surface area contributed by atoms with E-state index in [-0.39, 0.29) is 6.04 Å². The molecule has 3 aliphatic rings. The number of nitrogens with one attached hydrogen (secondary N) is 4. The van der Waals surface area contributed by atoms with Crippen molar-refractivity contribution < 1.29 is 4.42 Å². The summed E-state index contributed by atoms with van der Waals surface area (Å²) < 4.78 is 6.20. The first-order valence-corrected chi connectivity index (χ1v) is 12.8. The molecule has 0 bridgehead atoms. The fourth-order valence-corrected chi connectivity index (χ4v) is 5.59. The molecule has 4 N–H and O–H groups in total. The summed E-state index contributed by atoms with van der Waals surface area (Å²) in [5.74, 6) is 3.03. The minimum atomic E-state index is 0.230. The maximum Gasteiger partial charge on any atom is 0.135 e. The van der Waals surface area contributed by atoms with E-state index in [1.54, 1.807) is 0 Å². The highest BCUT2D eigenvalue weighted by atomic mass is 16.3. The molecule has 3 aliphatic heterocycles. The van der Waals surface area contributed by atoms with E-state index < -0.39 is 0 Å². The number of furan rings is 1. The van der Waals surface area contributed by atoms with Gasteiger partial charge in [-0.15, -0.1) is 0 Å². The third kappa shape index (κ3) is 3.94. The Bertz CT molecular complexity index is 1370. The molecule has 7 heteroatoms. The topological polar surface area (TPSA) is 90.3 Å². The number of aromatic amines is 1. The van der Waals surface area contributed by atoms with Crippen LogP contribution >= 0.6 is 0 Å². The zero-order chi connectivity index (χ0) is 23.2. The molecule has 0 spiro atoms. The molecule has 178 valence electrons. The Balaban J connectivity index is 1.08. The standard InChI is InChI=1S/C28H30N6O/c1-3-21(29-11-1)27-31-15-23(33-27)17-5-7-18(8-6-17)26-14-20-13-19(9-10-25(20)35-26)24-16-32-28(34-24)22-4-2-12-30-22/h5-10,13-15,21-22,24,29-30H,1-4,11-12,16H2,(H,31,33)(H,32,34)/t21-,22-,24?/m0/s1. The van der Waals surface area contributed by atoms with E-state index in [0.29, 0.717) is 12.1 Å². The van der Waals surface area contributed by atoms with Crippen LogP contribution in [0.2, 0.25) is 0 Å². The van der Waals surface area contributed by atoms with E-state index in [0.717, 1.165) is 71.3 Å². The molecule has 4 aromatic rings. The molecule has 2 saturated heterocycles. The SMILES string of the molecule is c1cc(-c2cc3cc(C4CN=C([C@@H]5CCCN5)N4)ccc3o2)ccc1-c1cnc([C@@H]2CCCN2)[nH]1. The number of nitrogens with zero attached hydrogens (tertiary/aromatic N) is 2. The molecule has 0 radical (unpaired) electrons. The summed E-state index contributed by atoms with van der Waals surface area (Å²) in [6.07, 6.45) is 6.67. The van der Waals surface area contributed by atoms with E-state index in [1.165, 1.54) is 24.8 Å². The first-order valence-electron chi connectivity index (χ1n) is 12.8.